The van der Waals surface area contributed by atoms with E-state index in [1.54, 1.807) is 0 Å². The van der Waals surface area contributed by atoms with Crippen molar-refractivity contribution in [2.24, 2.45) is 0 Å². The summed E-state index contributed by atoms with van der Waals surface area (Å²) in [6.45, 7) is 6.62. The molecule has 23 heavy (non-hydrogen) atoms. The number of nitrogens with zero attached hydrogens (tertiary/aromatic N) is 1. The van der Waals surface area contributed by atoms with E-state index in [4.69, 9.17) is 4.42 Å². The summed E-state index contributed by atoms with van der Waals surface area (Å²) in [6, 6.07) is 15.4. The quantitative estimate of drug-likeness (QED) is 0.414. The maximum Gasteiger partial charge on any atom is 0.217 e. The van der Waals surface area contributed by atoms with Crippen molar-refractivity contribution in [1.29, 1.82) is 0 Å². The number of hydrogen-bond donors (Lipinski definition) is 0. The van der Waals surface area contributed by atoms with Gasteiger partial charge in [0.2, 0.25) is 5.69 Å². The Morgan fingerprint density at radius 1 is 0.957 bits per heavy atom. The highest BCUT2D eigenvalue weighted by atomic mass is 16.3. The smallest absolute Gasteiger partial charge is 0.217 e. The maximum atomic E-state index is 6.26. The summed E-state index contributed by atoms with van der Waals surface area (Å²) >= 11 is 0. The van der Waals surface area contributed by atoms with Gasteiger partial charge >= 0.3 is 0 Å². The first kappa shape index (κ1) is 12.9. The zero-order chi connectivity index (χ0) is 15.7. The third kappa shape index (κ3) is 1.56. The maximum absolute atomic E-state index is 6.26. The first-order chi connectivity index (χ1) is 11.1. The lowest BCUT2D eigenvalue weighted by Crippen LogP contribution is -2.36. The molecule has 3 heterocycles. The Hall–Kier alpha value is -2.61. The van der Waals surface area contributed by atoms with Gasteiger partial charge in [0.15, 0.2) is 12.2 Å². The van der Waals surface area contributed by atoms with Crippen LogP contribution < -0.4 is 4.57 Å². The van der Waals surface area contributed by atoms with Crippen molar-refractivity contribution in [3.63, 3.8) is 0 Å². The monoisotopic (exact) mass is 300 g/mol. The topological polar surface area (TPSA) is 17.0 Å². The van der Waals surface area contributed by atoms with Crippen LogP contribution in [0.4, 0.5) is 0 Å². The summed E-state index contributed by atoms with van der Waals surface area (Å²) < 4.78 is 8.63. The molecule has 5 rings (SSSR count). The van der Waals surface area contributed by atoms with Crippen molar-refractivity contribution in [1.82, 2.24) is 0 Å². The van der Waals surface area contributed by atoms with Gasteiger partial charge in [0.1, 0.15) is 11.2 Å². The van der Waals surface area contributed by atoms with E-state index in [0.29, 0.717) is 6.04 Å². The van der Waals surface area contributed by atoms with Crippen LogP contribution in [0, 0.1) is 13.8 Å². The molecule has 112 valence electrons. The average molecular weight is 300 g/mol. The molecule has 0 aliphatic carbocycles. The van der Waals surface area contributed by atoms with Gasteiger partial charge in [-0.25, -0.2) is 0 Å². The number of benzene rings is 2. The summed E-state index contributed by atoms with van der Waals surface area (Å²) in [5, 5.41) is 2.40. The molecule has 0 saturated heterocycles. The van der Waals surface area contributed by atoms with Gasteiger partial charge in [-0.3, -0.25) is 0 Å². The number of rotatable bonds is 0. The second-order valence-electron chi connectivity index (χ2n) is 6.61. The van der Waals surface area contributed by atoms with Crippen LogP contribution in [0.15, 0.2) is 53.1 Å². The van der Waals surface area contributed by atoms with Crippen LogP contribution in [0.1, 0.15) is 29.7 Å². The first-order valence-electron chi connectivity index (χ1n) is 8.12. The molecule has 0 spiro atoms. The van der Waals surface area contributed by atoms with Crippen LogP contribution in [0.5, 0.6) is 0 Å². The van der Waals surface area contributed by atoms with Crippen molar-refractivity contribution in [2.45, 2.75) is 26.8 Å². The Labute approximate surface area is 135 Å². The number of fused-ring (bicyclic) bond motifs is 7. The summed E-state index contributed by atoms with van der Waals surface area (Å²) in [5.74, 6) is 0. The lowest BCUT2D eigenvalue weighted by Gasteiger charge is -2.03. The lowest BCUT2D eigenvalue weighted by atomic mass is 9.99. The molecule has 1 aliphatic rings. The van der Waals surface area contributed by atoms with E-state index in [-0.39, 0.29) is 0 Å². The Kier molecular flexibility index (Phi) is 2.37. The number of pyridine rings is 1. The SMILES string of the molecule is Cc1cc2[n+](cc1C)C(C)c1ccc3c(oc4ccccc43)c1-2. The van der Waals surface area contributed by atoms with Gasteiger partial charge < -0.3 is 4.42 Å². The highest BCUT2D eigenvalue weighted by molar-refractivity contribution is 6.10. The van der Waals surface area contributed by atoms with E-state index in [2.05, 4.69) is 67.9 Å². The Bertz CT molecular complexity index is 1100. The highest BCUT2D eigenvalue weighted by Crippen LogP contribution is 2.42. The van der Waals surface area contributed by atoms with E-state index in [9.17, 15) is 0 Å². The van der Waals surface area contributed by atoms with E-state index in [1.165, 1.54) is 38.7 Å². The van der Waals surface area contributed by atoms with Crippen LogP contribution in [-0.4, -0.2) is 0 Å². The molecular weight excluding hydrogens is 282 g/mol. The molecule has 0 N–H and O–H groups in total. The molecular formula is C21H18NO+. The van der Waals surface area contributed by atoms with Gasteiger partial charge in [0.25, 0.3) is 0 Å². The number of hydrogen-bond acceptors (Lipinski definition) is 1. The van der Waals surface area contributed by atoms with Gasteiger partial charge in [-0.1, -0.05) is 24.3 Å². The van der Waals surface area contributed by atoms with Gasteiger partial charge in [-0.15, -0.1) is 0 Å². The molecule has 1 aliphatic heterocycles. The molecule has 0 bridgehead atoms. The summed E-state index contributed by atoms with van der Waals surface area (Å²) in [7, 11) is 0. The van der Waals surface area contributed by atoms with E-state index in [0.717, 1.165) is 11.2 Å². The third-order valence-corrected chi connectivity index (χ3v) is 5.29. The van der Waals surface area contributed by atoms with Crippen LogP contribution in [0.3, 0.4) is 0 Å². The molecule has 2 aromatic carbocycles. The first-order valence-corrected chi connectivity index (χ1v) is 8.12. The Morgan fingerprint density at radius 2 is 1.78 bits per heavy atom. The molecule has 0 radical (unpaired) electrons. The molecule has 2 nitrogen and oxygen atoms in total. The minimum atomic E-state index is 0.344. The summed E-state index contributed by atoms with van der Waals surface area (Å²) in [5.41, 5.74) is 8.51. The molecule has 2 aromatic heterocycles. The molecule has 2 heteroatoms. The van der Waals surface area contributed by atoms with Crippen molar-refractivity contribution >= 4 is 21.9 Å². The number of aryl methyl sites for hydroxylation is 2. The molecule has 1 atom stereocenters. The van der Waals surface area contributed by atoms with E-state index < -0.39 is 0 Å². The second-order valence-corrected chi connectivity index (χ2v) is 6.61. The molecule has 0 amide bonds. The largest absolute Gasteiger partial charge is 0.455 e. The van der Waals surface area contributed by atoms with Crippen LogP contribution in [0.25, 0.3) is 33.2 Å². The number of para-hydroxylation sites is 1. The minimum absolute atomic E-state index is 0.344. The summed E-state index contributed by atoms with van der Waals surface area (Å²) in [4.78, 5) is 0. The Morgan fingerprint density at radius 3 is 2.65 bits per heavy atom. The predicted octanol–water partition coefficient (Wildman–Crippen LogP) is 5.08. The fourth-order valence-corrected chi connectivity index (χ4v) is 3.86. The second kappa shape index (κ2) is 4.23. The minimum Gasteiger partial charge on any atom is -0.455 e. The number of aromatic nitrogens is 1. The van der Waals surface area contributed by atoms with Crippen LogP contribution >= 0.6 is 0 Å². The van der Waals surface area contributed by atoms with Crippen LogP contribution in [-0.2, 0) is 0 Å². The molecule has 0 fully saturated rings. The van der Waals surface area contributed by atoms with Gasteiger partial charge in [-0.2, -0.15) is 4.57 Å². The molecule has 1 unspecified atom stereocenters. The summed E-state index contributed by atoms with van der Waals surface area (Å²) in [6.07, 6.45) is 2.27. The van der Waals surface area contributed by atoms with Gasteiger partial charge in [0, 0.05) is 34.9 Å². The molecule has 4 aromatic rings. The standard InChI is InChI=1S/C21H18NO/c1-12-10-18-20-15(14(3)22(18)11-13(12)2)8-9-17-16-6-4-5-7-19(16)23-21(17)20/h4-11,14H,1-3H3/q+1. The normalized spacial score (nSPS) is 16.0. The zero-order valence-corrected chi connectivity index (χ0v) is 13.6. The number of furan rings is 1. The average Bonchev–Trinajstić information content (AvgIpc) is 3.05. The third-order valence-electron chi connectivity index (χ3n) is 5.29. The van der Waals surface area contributed by atoms with Crippen molar-refractivity contribution < 1.29 is 8.98 Å². The fraction of sp³-hybridized carbons (Fsp3) is 0.190. The fourth-order valence-electron chi connectivity index (χ4n) is 3.86. The zero-order valence-electron chi connectivity index (χ0n) is 13.6. The van der Waals surface area contributed by atoms with Crippen molar-refractivity contribution in [2.75, 3.05) is 0 Å². The van der Waals surface area contributed by atoms with E-state index >= 15 is 0 Å². The van der Waals surface area contributed by atoms with Gasteiger partial charge in [-0.05, 0) is 31.5 Å². The van der Waals surface area contributed by atoms with Crippen molar-refractivity contribution in [3.05, 3.63) is 65.4 Å². The van der Waals surface area contributed by atoms with Crippen molar-refractivity contribution in [3.8, 4) is 11.3 Å². The van der Waals surface area contributed by atoms with Gasteiger partial charge in [0.05, 0.1) is 5.56 Å². The Balaban J connectivity index is 1.96. The lowest BCUT2D eigenvalue weighted by molar-refractivity contribution is -0.694. The predicted molar refractivity (Wildman–Crippen MR) is 92.6 cm³/mol. The highest BCUT2D eigenvalue weighted by Gasteiger charge is 2.36. The van der Waals surface area contributed by atoms with E-state index in [1.807, 2.05) is 6.07 Å². The van der Waals surface area contributed by atoms with Crippen LogP contribution in [0.2, 0.25) is 0 Å². The molecule has 0 saturated carbocycles.